The van der Waals surface area contributed by atoms with Crippen LogP contribution in [0.5, 0.6) is 0 Å². The third-order valence-corrected chi connectivity index (χ3v) is 6.21. The smallest absolute Gasteiger partial charge is 0.408 e. The first-order valence-electron chi connectivity index (χ1n) is 12.8. The first-order valence-corrected chi connectivity index (χ1v) is 12.8. The van der Waals surface area contributed by atoms with Crippen molar-refractivity contribution in [1.29, 1.82) is 0 Å². The Morgan fingerprint density at radius 3 is 2.47 bits per heavy atom. The molecule has 0 radical (unpaired) electrons. The summed E-state index contributed by atoms with van der Waals surface area (Å²) < 4.78 is 15.9. The Morgan fingerprint density at radius 2 is 1.84 bits per heavy atom. The van der Waals surface area contributed by atoms with Gasteiger partial charge < -0.3 is 34.9 Å². The molecule has 0 saturated carbocycles. The number of alkyl carbamates (subject to hydrolysis) is 1. The van der Waals surface area contributed by atoms with Gasteiger partial charge in [0.25, 0.3) is 0 Å². The number of aliphatic hydroxyl groups excluding tert-OH is 1. The normalized spacial score (nSPS) is 15.9. The second-order valence-electron chi connectivity index (χ2n) is 10.3. The van der Waals surface area contributed by atoms with Gasteiger partial charge in [-0.25, -0.2) is 19.6 Å². The average Bonchev–Trinajstić information content (AvgIpc) is 2.89. The molecule has 0 aliphatic carbocycles. The summed E-state index contributed by atoms with van der Waals surface area (Å²) in [7, 11) is 1.51. The molecule has 1 amide bonds. The van der Waals surface area contributed by atoms with Crippen molar-refractivity contribution in [2.45, 2.75) is 65.1 Å². The zero-order valence-electron chi connectivity index (χ0n) is 22.8. The minimum absolute atomic E-state index is 0.0365. The van der Waals surface area contributed by atoms with Crippen LogP contribution in [0.3, 0.4) is 0 Å². The quantitative estimate of drug-likeness (QED) is 0.311. The molecule has 1 aromatic heterocycles. The van der Waals surface area contributed by atoms with Crippen LogP contribution in [0.1, 0.15) is 44.7 Å². The van der Waals surface area contributed by atoms with Gasteiger partial charge in [0.1, 0.15) is 36.2 Å². The number of carbonyl (C=O) groups excluding carboxylic acids is 2. The zero-order chi connectivity index (χ0) is 27.7. The van der Waals surface area contributed by atoms with E-state index in [9.17, 15) is 14.7 Å². The summed E-state index contributed by atoms with van der Waals surface area (Å²) in [4.78, 5) is 36.4. The van der Waals surface area contributed by atoms with Crippen LogP contribution in [0.2, 0.25) is 0 Å². The monoisotopic (exact) mass is 529 g/mol. The summed E-state index contributed by atoms with van der Waals surface area (Å²) in [6.07, 6.45) is 1.52. The average molecular weight is 530 g/mol. The number of carbonyl (C=O) groups is 2. The van der Waals surface area contributed by atoms with Crippen molar-refractivity contribution in [1.82, 2.24) is 15.3 Å². The molecule has 1 aliphatic rings. The number of methoxy groups -OCH3 is 1. The van der Waals surface area contributed by atoms with E-state index in [2.05, 4.69) is 25.5 Å². The van der Waals surface area contributed by atoms with Gasteiger partial charge >= 0.3 is 12.1 Å². The van der Waals surface area contributed by atoms with Gasteiger partial charge in [-0.1, -0.05) is 30.3 Å². The third kappa shape index (κ3) is 8.56. The molecule has 2 aromatic rings. The van der Waals surface area contributed by atoms with Crippen LogP contribution < -0.4 is 15.5 Å². The summed E-state index contributed by atoms with van der Waals surface area (Å²) in [5.74, 6) is 0.810. The SMILES string of the molecule is COC(O)C1CCN(c2ncnc(NCC(NC(=O)OCc3ccccc3)C(=O)OC(C)(C)C)c2C)CC1. The van der Waals surface area contributed by atoms with E-state index in [4.69, 9.17) is 14.2 Å². The lowest BCUT2D eigenvalue weighted by Gasteiger charge is -2.35. The van der Waals surface area contributed by atoms with Gasteiger partial charge in [-0.15, -0.1) is 0 Å². The molecule has 11 nitrogen and oxygen atoms in total. The molecule has 1 aromatic carbocycles. The van der Waals surface area contributed by atoms with E-state index in [-0.39, 0.29) is 19.1 Å². The highest BCUT2D eigenvalue weighted by Gasteiger charge is 2.29. The Kier molecular flexibility index (Phi) is 10.3. The van der Waals surface area contributed by atoms with Gasteiger partial charge in [0, 0.05) is 38.2 Å². The van der Waals surface area contributed by atoms with E-state index in [1.54, 1.807) is 20.8 Å². The van der Waals surface area contributed by atoms with E-state index in [0.29, 0.717) is 5.82 Å². The molecule has 0 spiro atoms. The molecule has 2 heterocycles. The van der Waals surface area contributed by atoms with E-state index >= 15 is 0 Å². The van der Waals surface area contributed by atoms with Gasteiger partial charge in [0.05, 0.1) is 0 Å². The van der Waals surface area contributed by atoms with Gasteiger partial charge in [-0.3, -0.25) is 0 Å². The van der Waals surface area contributed by atoms with E-state index < -0.39 is 30.0 Å². The van der Waals surface area contributed by atoms with E-state index in [1.165, 1.54) is 13.4 Å². The number of aromatic nitrogens is 2. The fraction of sp³-hybridized carbons (Fsp3) is 0.556. The van der Waals surface area contributed by atoms with E-state index in [0.717, 1.165) is 42.9 Å². The maximum absolute atomic E-state index is 12.9. The third-order valence-electron chi connectivity index (χ3n) is 6.21. The Hall–Kier alpha value is -3.44. The van der Waals surface area contributed by atoms with Crippen molar-refractivity contribution in [3.63, 3.8) is 0 Å². The standard InChI is InChI=1S/C27H39N5O6/c1-18-22(29-17-30-23(18)32-13-11-20(12-14-32)24(33)36-5)28-15-21(25(34)38-27(2,3)4)31-26(35)37-16-19-9-7-6-8-10-19/h6-10,17,20-21,24,33H,11-16H2,1-5H3,(H,31,35)(H,28,29,30). The molecule has 38 heavy (non-hydrogen) atoms. The summed E-state index contributed by atoms with van der Waals surface area (Å²) in [6.45, 7) is 8.74. The summed E-state index contributed by atoms with van der Waals surface area (Å²) in [5.41, 5.74) is 0.915. The minimum Gasteiger partial charge on any atom is -0.458 e. The predicted molar refractivity (Wildman–Crippen MR) is 143 cm³/mol. The lowest BCUT2D eigenvalue weighted by Crippen LogP contribution is -2.48. The predicted octanol–water partition coefficient (Wildman–Crippen LogP) is 3.01. The van der Waals surface area contributed by atoms with Crippen molar-refractivity contribution in [3.8, 4) is 0 Å². The van der Waals surface area contributed by atoms with Crippen molar-refractivity contribution >= 4 is 23.7 Å². The number of benzene rings is 1. The summed E-state index contributed by atoms with van der Waals surface area (Å²) in [6, 6.07) is 8.26. The number of nitrogens with one attached hydrogen (secondary N) is 2. The van der Waals surface area contributed by atoms with Crippen molar-refractivity contribution in [2.24, 2.45) is 5.92 Å². The summed E-state index contributed by atoms with van der Waals surface area (Å²) >= 11 is 0. The summed E-state index contributed by atoms with van der Waals surface area (Å²) in [5, 5.41) is 15.8. The highest BCUT2D eigenvalue weighted by Crippen LogP contribution is 2.28. The number of rotatable bonds is 10. The van der Waals surface area contributed by atoms with Crippen LogP contribution in [-0.2, 0) is 25.6 Å². The van der Waals surface area contributed by atoms with Gasteiger partial charge in [-0.2, -0.15) is 0 Å². The Balaban J connectivity index is 1.65. The Labute approximate surface area is 223 Å². The maximum atomic E-state index is 12.9. The van der Waals surface area contributed by atoms with Crippen molar-refractivity contribution in [2.75, 3.05) is 37.0 Å². The fourth-order valence-corrected chi connectivity index (χ4v) is 4.20. The van der Waals surface area contributed by atoms with Crippen LogP contribution in [0.25, 0.3) is 0 Å². The Bertz CT molecular complexity index is 1050. The molecule has 2 unspecified atom stereocenters. The second-order valence-corrected chi connectivity index (χ2v) is 10.3. The molecule has 1 saturated heterocycles. The van der Waals surface area contributed by atoms with Crippen LogP contribution in [0, 0.1) is 12.8 Å². The van der Waals surface area contributed by atoms with Crippen molar-refractivity contribution in [3.05, 3.63) is 47.8 Å². The number of ether oxygens (including phenoxy) is 3. The largest absolute Gasteiger partial charge is 0.458 e. The van der Waals surface area contributed by atoms with Crippen LogP contribution in [0.4, 0.5) is 16.4 Å². The molecule has 11 heteroatoms. The Morgan fingerprint density at radius 1 is 1.16 bits per heavy atom. The highest BCUT2D eigenvalue weighted by molar-refractivity contribution is 5.82. The highest BCUT2D eigenvalue weighted by atomic mass is 16.6. The molecule has 208 valence electrons. The number of aliphatic hydroxyl groups is 1. The molecule has 3 rings (SSSR count). The first kappa shape index (κ1) is 29.1. The number of piperidine rings is 1. The molecule has 1 aliphatic heterocycles. The van der Waals surface area contributed by atoms with Gasteiger partial charge in [0.2, 0.25) is 0 Å². The second kappa shape index (κ2) is 13.4. The van der Waals surface area contributed by atoms with Crippen LogP contribution in [0.15, 0.2) is 36.7 Å². The molecule has 1 fully saturated rings. The fourth-order valence-electron chi connectivity index (χ4n) is 4.20. The number of amides is 1. The lowest BCUT2D eigenvalue weighted by atomic mass is 9.96. The number of nitrogens with zero attached hydrogens (tertiary/aromatic N) is 3. The number of anilines is 2. The number of hydrogen-bond acceptors (Lipinski definition) is 10. The topological polar surface area (TPSA) is 135 Å². The molecule has 0 bridgehead atoms. The van der Waals surface area contributed by atoms with Crippen LogP contribution in [-0.4, -0.2) is 71.8 Å². The minimum atomic E-state index is -1.01. The lowest BCUT2D eigenvalue weighted by molar-refractivity contribution is -0.156. The molecular formula is C27H39N5O6. The molecule has 3 N–H and O–H groups in total. The molecular weight excluding hydrogens is 490 g/mol. The van der Waals surface area contributed by atoms with Gasteiger partial charge in [-0.05, 0) is 46.1 Å². The maximum Gasteiger partial charge on any atom is 0.408 e. The van der Waals surface area contributed by atoms with Crippen molar-refractivity contribution < 1.29 is 28.9 Å². The first-order chi connectivity index (χ1) is 18.1. The molecule has 2 atom stereocenters. The van der Waals surface area contributed by atoms with Crippen LogP contribution >= 0.6 is 0 Å². The number of hydrogen-bond donors (Lipinski definition) is 3. The number of esters is 1. The van der Waals surface area contributed by atoms with E-state index in [1.807, 2.05) is 37.3 Å². The van der Waals surface area contributed by atoms with Gasteiger partial charge in [0.15, 0.2) is 6.29 Å². The zero-order valence-corrected chi connectivity index (χ0v) is 22.8.